The van der Waals surface area contributed by atoms with Crippen LogP contribution in [0.25, 0.3) is 0 Å². The molecule has 0 radical (unpaired) electrons. The number of hydrogen-bond acceptors (Lipinski definition) is 1. The second-order valence-electron chi connectivity index (χ2n) is 3.93. The Hall–Kier alpha value is -1.43. The zero-order valence-corrected chi connectivity index (χ0v) is 8.21. The lowest BCUT2D eigenvalue weighted by Gasteiger charge is -2.16. The fourth-order valence-corrected chi connectivity index (χ4v) is 1.66. The van der Waals surface area contributed by atoms with Crippen molar-refractivity contribution in [1.29, 1.82) is 5.26 Å². The third kappa shape index (κ3) is 1.99. The topological polar surface area (TPSA) is 23.8 Å². The SMILES string of the molecule is N#CCc1cccc(C(F)(F)C2CC2)c1. The van der Waals surface area contributed by atoms with Crippen molar-refractivity contribution in [2.75, 3.05) is 0 Å². The molecule has 3 heteroatoms. The van der Waals surface area contributed by atoms with Crippen LogP contribution in [-0.2, 0) is 12.3 Å². The molecule has 0 aromatic heterocycles. The molecule has 0 unspecified atom stereocenters. The van der Waals surface area contributed by atoms with Crippen molar-refractivity contribution in [3.8, 4) is 6.07 Å². The van der Waals surface area contributed by atoms with Crippen molar-refractivity contribution >= 4 is 0 Å². The Morgan fingerprint density at radius 3 is 2.73 bits per heavy atom. The number of alkyl halides is 2. The van der Waals surface area contributed by atoms with Gasteiger partial charge in [0.25, 0.3) is 5.92 Å². The van der Waals surface area contributed by atoms with E-state index in [9.17, 15) is 8.78 Å². The average Bonchev–Trinajstić information content (AvgIpc) is 3.02. The van der Waals surface area contributed by atoms with Gasteiger partial charge in [-0.3, -0.25) is 0 Å². The Kier molecular flexibility index (Phi) is 2.44. The summed E-state index contributed by atoms with van der Waals surface area (Å²) in [6.07, 6.45) is 1.40. The Balaban J connectivity index is 2.28. The normalized spacial score (nSPS) is 16.1. The fourth-order valence-electron chi connectivity index (χ4n) is 1.66. The van der Waals surface area contributed by atoms with Gasteiger partial charge in [-0.05, 0) is 24.5 Å². The van der Waals surface area contributed by atoms with E-state index >= 15 is 0 Å². The van der Waals surface area contributed by atoms with Crippen LogP contribution in [0.1, 0.15) is 24.0 Å². The molecule has 2 rings (SSSR count). The van der Waals surface area contributed by atoms with Gasteiger partial charge in [0.05, 0.1) is 12.5 Å². The van der Waals surface area contributed by atoms with Crippen LogP contribution in [0.3, 0.4) is 0 Å². The molecule has 0 heterocycles. The molecule has 0 N–H and O–H groups in total. The maximum absolute atomic E-state index is 13.7. The highest BCUT2D eigenvalue weighted by atomic mass is 19.3. The molecule has 1 aliphatic rings. The van der Waals surface area contributed by atoms with E-state index in [1.807, 2.05) is 6.07 Å². The number of halogens is 2. The molecule has 0 bridgehead atoms. The number of nitrogens with zero attached hydrogens (tertiary/aromatic N) is 1. The summed E-state index contributed by atoms with van der Waals surface area (Å²) < 4.78 is 27.4. The Bertz CT molecular complexity index is 402. The van der Waals surface area contributed by atoms with Crippen molar-refractivity contribution in [2.24, 2.45) is 5.92 Å². The zero-order chi connectivity index (χ0) is 10.9. The van der Waals surface area contributed by atoms with Gasteiger partial charge in [0.15, 0.2) is 0 Å². The molecule has 0 saturated heterocycles. The fraction of sp³-hybridized carbons (Fsp3) is 0.417. The summed E-state index contributed by atoms with van der Waals surface area (Å²) in [6, 6.07) is 8.15. The maximum atomic E-state index is 13.7. The Labute approximate surface area is 87.3 Å². The van der Waals surface area contributed by atoms with Crippen LogP contribution < -0.4 is 0 Å². The monoisotopic (exact) mass is 207 g/mol. The standard InChI is InChI=1S/C12H11F2N/c13-12(14,10-4-5-10)11-3-1-2-9(8-11)6-7-15/h1-3,8,10H,4-6H2. The van der Waals surface area contributed by atoms with Crippen LogP contribution in [-0.4, -0.2) is 0 Å². The summed E-state index contributed by atoms with van der Waals surface area (Å²) in [5.74, 6) is -3.21. The molecule has 1 aliphatic carbocycles. The molecular formula is C12H11F2N. The third-order valence-corrected chi connectivity index (χ3v) is 2.69. The molecule has 0 amide bonds. The highest BCUT2D eigenvalue weighted by molar-refractivity contribution is 5.29. The molecular weight excluding hydrogens is 196 g/mol. The van der Waals surface area contributed by atoms with Gasteiger partial charge in [-0.15, -0.1) is 0 Å². The minimum absolute atomic E-state index is 0.0535. The van der Waals surface area contributed by atoms with Gasteiger partial charge in [-0.25, -0.2) is 8.78 Å². The molecule has 1 aromatic carbocycles. The van der Waals surface area contributed by atoms with Crippen molar-refractivity contribution in [3.05, 3.63) is 35.4 Å². The predicted molar refractivity (Wildman–Crippen MR) is 52.4 cm³/mol. The number of nitriles is 1. The van der Waals surface area contributed by atoms with Gasteiger partial charge in [0.2, 0.25) is 0 Å². The minimum Gasteiger partial charge on any atom is -0.201 e. The average molecular weight is 207 g/mol. The highest BCUT2D eigenvalue weighted by Crippen LogP contribution is 2.49. The molecule has 1 saturated carbocycles. The molecule has 1 nitrogen and oxygen atoms in total. The molecule has 0 atom stereocenters. The second-order valence-corrected chi connectivity index (χ2v) is 3.93. The van der Waals surface area contributed by atoms with E-state index in [0.717, 1.165) is 0 Å². The van der Waals surface area contributed by atoms with Crippen LogP contribution in [0.15, 0.2) is 24.3 Å². The lowest BCUT2D eigenvalue weighted by atomic mass is 10.0. The Morgan fingerprint density at radius 2 is 2.13 bits per heavy atom. The van der Waals surface area contributed by atoms with Gasteiger partial charge in [-0.2, -0.15) is 5.26 Å². The summed E-state index contributed by atoms with van der Waals surface area (Å²) in [7, 11) is 0. The van der Waals surface area contributed by atoms with Crippen LogP contribution in [0.2, 0.25) is 0 Å². The van der Waals surface area contributed by atoms with Crippen LogP contribution in [0.4, 0.5) is 8.78 Å². The first-order chi connectivity index (χ1) is 7.14. The third-order valence-electron chi connectivity index (χ3n) is 2.69. The summed E-state index contributed by atoms with van der Waals surface area (Å²) in [4.78, 5) is 0. The minimum atomic E-state index is -2.72. The summed E-state index contributed by atoms with van der Waals surface area (Å²) >= 11 is 0. The van der Waals surface area contributed by atoms with Crippen molar-refractivity contribution in [1.82, 2.24) is 0 Å². The van der Waals surface area contributed by atoms with E-state index in [0.29, 0.717) is 18.4 Å². The van der Waals surface area contributed by atoms with Crippen molar-refractivity contribution < 1.29 is 8.78 Å². The number of rotatable bonds is 3. The van der Waals surface area contributed by atoms with E-state index in [1.54, 1.807) is 12.1 Å². The van der Waals surface area contributed by atoms with Crippen LogP contribution >= 0.6 is 0 Å². The number of benzene rings is 1. The lowest BCUT2D eigenvalue weighted by molar-refractivity contribution is -0.0286. The van der Waals surface area contributed by atoms with Gasteiger partial charge in [0, 0.05) is 11.5 Å². The van der Waals surface area contributed by atoms with E-state index in [2.05, 4.69) is 0 Å². The quantitative estimate of drug-likeness (QED) is 0.746. The lowest BCUT2D eigenvalue weighted by Crippen LogP contribution is -2.16. The van der Waals surface area contributed by atoms with E-state index in [4.69, 9.17) is 5.26 Å². The largest absolute Gasteiger partial charge is 0.276 e. The van der Waals surface area contributed by atoms with Crippen molar-refractivity contribution in [3.63, 3.8) is 0 Å². The maximum Gasteiger partial charge on any atom is 0.276 e. The second kappa shape index (κ2) is 3.62. The van der Waals surface area contributed by atoms with E-state index in [1.165, 1.54) is 12.1 Å². The van der Waals surface area contributed by atoms with Gasteiger partial charge in [-0.1, -0.05) is 18.2 Å². The first kappa shape index (κ1) is 10.1. The predicted octanol–water partition coefficient (Wildman–Crippen LogP) is 3.25. The summed E-state index contributed by atoms with van der Waals surface area (Å²) in [6.45, 7) is 0. The van der Waals surface area contributed by atoms with Crippen molar-refractivity contribution in [2.45, 2.75) is 25.2 Å². The molecule has 1 aromatic rings. The Morgan fingerprint density at radius 1 is 1.40 bits per heavy atom. The zero-order valence-electron chi connectivity index (χ0n) is 8.21. The summed E-state index contributed by atoms with van der Waals surface area (Å²) in [5, 5.41) is 8.50. The van der Waals surface area contributed by atoms with E-state index in [-0.39, 0.29) is 12.0 Å². The summed E-state index contributed by atoms with van der Waals surface area (Å²) in [5.41, 5.74) is 0.716. The van der Waals surface area contributed by atoms with Crippen LogP contribution in [0.5, 0.6) is 0 Å². The van der Waals surface area contributed by atoms with Gasteiger partial charge < -0.3 is 0 Å². The van der Waals surface area contributed by atoms with E-state index < -0.39 is 11.8 Å². The highest BCUT2D eigenvalue weighted by Gasteiger charge is 2.47. The molecule has 78 valence electrons. The van der Waals surface area contributed by atoms with Gasteiger partial charge in [0.1, 0.15) is 0 Å². The smallest absolute Gasteiger partial charge is 0.201 e. The van der Waals surface area contributed by atoms with Gasteiger partial charge >= 0.3 is 0 Å². The number of hydrogen-bond donors (Lipinski definition) is 0. The molecule has 0 aliphatic heterocycles. The first-order valence-corrected chi connectivity index (χ1v) is 4.99. The molecule has 1 fully saturated rings. The molecule has 0 spiro atoms. The van der Waals surface area contributed by atoms with Crippen LogP contribution in [0, 0.1) is 17.2 Å². The molecule has 15 heavy (non-hydrogen) atoms. The first-order valence-electron chi connectivity index (χ1n) is 4.99.